The zero-order valence-corrected chi connectivity index (χ0v) is 36.9. The van der Waals surface area contributed by atoms with Gasteiger partial charge in [0.05, 0.1) is 12.0 Å². The molecule has 9 atom stereocenters. The highest BCUT2D eigenvalue weighted by molar-refractivity contribution is 6.00. The Balaban J connectivity index is 1.17. The van der Waals surface area contributed by atoms with Gasteiger partial charge in [-0.25, -0.2) is 0 Å². The summed E-state index contributed by atoms with van der Waals surface area (Å²) in [4.78, 5) is 42.3. The fourth-order valence-corrected chi connectivity index (χ4v) is 14.4. The molecule has 0 aromatic heterocycles. The predicted octanol–water partition coefficient (Wildman–Crippen LogP) is 9.82. The highest BCUT2D eigenvalue weighted by Crippen LogP contribution is 2.77. The van der Waals surface area contributed by atoms with E-state index in [0.717, 1.165) is 69.8 Å². The zero-order valence-electron chi connectivity index (χ0n) is 36.9. The maximum atomic E-state index is 14.2. The summed E-state index contributed by atoms with van der Waals surface area (Å²) < 4.78 is 11.0. The number of fused-ring (bicyclic) bond motifs is 7. The van der Waals surface area contributed by atoms with Crippen LogP contribution in [0.3, 0.4) is 0 Å². The average molecular weight is 774 g/mol. The van der Waals surface area contributed by atoms with E-state index in [1.165, 1.54) is 29.6 Å². The Bertz CT molecular complexity index is 1690. The summed E-state index contributed by atoms with van der Waals surface area (Å²) in [7, 11) is 1.56. The molecule has 0 heterocycles. The van der Waals surface area contributed by atoms with E-state index in [-0.39, 0.29) is 70.2 Å². The van der Waals surface area contributed by atoms with E-state index in [9.17, 15) is 19.5 Å². The van der Waals surface area contributed by atoms with Crippen LogP contribution in [0, 0.1) is 62.6 Å². The van der Waals surface area contributed by atoms with Crippen molar-refractivity contribution in [2.75, 3.05) is 26.8 Å². The van der Waals surface area contributed by atoms with Crippen LogP contribution in [0.25, 0.3) is 0 Å². The lowest BCUT2D eigenvalue weighted by Crippen LogP contribution is -2.65. The Morgan fingerprint density at radius 2 is 1.64 bits per heavy atom. The Labute approximate surface area is 338 Å². The highest BCUT2D eigenvalue weighted by atomic mass is 16.6. The fourth-order valence-electron chi connectivity index (χ4n) is 14.4. The van der Waals surface area contributed by atoms with Crippen molar-refractivity contribution in [3.63, 3.8) is 0 Å². The van der Waals surface area contributed by atoms with E-state index < -0.39 is 17.1 Å². The van der Waals surface area contributed by atoms with Gasteiger partial charge in [-0.1, -0.05) is 66.2 Å². The Kier molecular flexibility index (Phi) is 10.8. The normalized spacial score (nSPS) is 38.5. The molecule has 56 heavy (non-hydrogen) atoms. The van der Waals surface area contributed by atoms with Crippen LogP contribution in [0.1, 0.15) is 153 Å². The molecule has 0 aromatic carbocycles. The summed E-state index contributed by atoms with van der Waals surface area (Å²) in [5.41, 5.74) is 4.43. The summed E-state index contributed by atoms with van der Waals surface area (Å²) in [6.07, 6.45) is 16.8. The second kappa shape index (κ2) is 14.5. The van der Waals surface area contributed by atoms with Gasteiger partial charge in [-0.2, -0.15) is 0 Å². The van der Waals surface area contributed by atoms with Crippen molar-refractivity contribution in [1.29, 1.82) is 0 Å². The van der Waals surface area contributed by atoms with Crippen LogP contribution in [0.15, 0.2) is 34.4 Å². The summed E-state index contributed by atoms with van der Waals surface area (Å²) in [6, 6.07) is 0. The van der Waals surface area contributed by atoms with Crippen molar-refractivity contribution < 1.29 is 29.0 Å². The molecule has 0 saturated heterocycles. The molecule has 7 aliphatic rings. The summed E-state index contributed by atoms with van der Waals surface area (Å²) in [5.74, 6) is 2.00. The number of rotatable bonds is 10. The molecule has 2 unspecified atom stereocenters. The molecule has 0 bridgehead atoms. The average Bonchev–Trinajstić information content (AvgIpc) is 3.86. The molecule has 1 amide bonds. The molecule has 4 fully saturated rings. The number of hydrogen-bond acceptors (Lipinski definition) is 6. The van der Waals surface area contributed by atoms with Crippen molar-refractivity contribution in [2.45, 2.75) is 164 Å². The second-order valence-corrected chi connectivity index (χ2v) is 22.3. The van der Waals surface area contributed by atoms with Crippen molar-refractivity contribution in [3.05, 3.63) is 34.4 Å². The van der Waals surface area contributed by atoms with E-state index in [2.05, 4.69) is 60.6 Å². The number of carbonyl (C=O) groups is 3. The third-order valence-electron chi connectivity index (χ3n) is 17.4. The number of aliphatic hydroxyl groups excluding tert-OH is 1. The number of ether oxygens (including phenoxy) is 2. The lowest BCUT2D eigenvalue weighted by molar-refractivity contribution is -0.202. The molecule has 0 aromatic rings. The lowest BCUT2D eigenvalue weighted by atomic mass is 9.33. The Hall–Kier alpha value is -2.25. The van der Waals surface area contributed by atoms with Crippen LogP contribution < -0.4 is 0 Å². The number of aliphatic hydroxyl groups is 1. The predicted molar refractivity (Wildman–Crippen MR) is 221 cm³/mol. The first-order chi connectivity index (χ1) is 26.1. The van der Waals surface area contributed by atoms with Crippen molar-refractivity contribution in [1.82, 2.24) is 4.90 Å². The van der Waals surface area contributed by atoms with Crippen molar-refractivity contribution in [3.8, 4) is 0 Å². The van der Waals surface area contributed by atoms with Gasteiger partial charge in [0.2, 0.25) is 5.91 Å². The molecular weight excluding hydrogens is 699 g/mol. The number of carbonyl (C=O) groups excluding carboxylic acids is 3. The maximum Gasteiger partial charge on any atom is 0.309 e. The number of hydrogen-bond donors (Lipinski definition) is 1. The van der Waals surface area contributed by atoms with E-state index in [1.54, 1.807) is 7.11 Å². The topological polar surface area (TPSA) is 93.1 Å². The van der Waals surface area contributed by atoms with Gasteiger partial charge < -0.3 is 19.5 Å². The molecule has 7 heteroatoms. The second-order valence-electron chi connectivity index (χ2n) is 22.3. The lowest BCUT2D eigenvalue weighted by Gasteiger charge is -2.71. The Morgan fingerprint density at radius 3 is 2.25 bits per heavy atom. The van der Waals surface area contributed by atoms with Crippen LogP contribution >= 0.6 is 0 Å². The molecule has 4 saturated carbocycles. The standard InChI is InChI=1S/C49H75NO6/c1-30(2)41-36(51)26-49(39(52)28-50(27-31-12-13-31)40(53)29-55-11)25-24-47(9)35(42(41)49)18-19-38-46(8)22-20-34(45(6,7)37(46)21-23-48(38,47)10)32-14-16-33(17-15-32)43(54)56-44(3,4)5/h14,20,30-31,33,35,37-39,52H,12-13,15-19,21-29H2,1-11H3/t33?,35-,37+,38-,39?,46+,47-,48-,49+/m1/s1. The van der Waals surface area contributed by atoms with Crippen LogP contribution in [0.2, 0.25) is 0 Å². The quantitative estimate of drug-likeness (QED) is 0.222. The molecule has 7 nitrogen and oxygen atoms in total. The number of methoxy groups -OCH3 is 1. The maximum absolute atomic E-state index is 14.2. The smallest absolute Gasteiger partial charge is 0.309 e. The fraction of sp³-hybridized carbons (Fsp3) is 0.816. The molecule has 0 aliphatic heterocycles. The molecule has 0 spiro atoms. The number of esters is 1. The molecule has 7 aliphatic carbocycles. The van der Waals surface area contributed by atoms with Crippen molar-refractivity contribution in [2.24, 2.45) is 62.6 Å². The van der Waals surface area contributed by atoms with Gasteiger partial charge in [-0.3, -0.25) is 14.4 Å². The largest absolute Gasteiger partial charge is 0.460 e. The molecule has 312 valence electrons. The minimum atomic E-state index is -0.781. The Morgan fingerprint density at radius 1 is 0.929 bits per heavy atom. The van der Waals surface area contributed by atoms with Crippen LogP contribution in [0.4, 0.5) is 0 Å². The van der Waals surface area contributed by atoms with Gasteiger partial charge in [-0.15, -0.1) is 0 Å². The van der Waals surface area contributed by atoms with Gasteiger partial charge in [0.1, 0.15) is 12.2 Å². The van der Waals surface area contributed by atoms with Gasteiger partial charge in [0.25, 0.3) is 0 Å². The van der Waals surface area contributed by atoms with E-state index in [0.29, 0.717) is 30.7 Å². The van der Waals surface area contributed by atoms with E-state index >= 15 is 0 Å². The summed E-state index contributed by atoms with van der Waals surface area (Å²) >= 11 is 0. The van der Waals surface area contributed by atoms with E-state index in [1.807, 2.05) is 25.7 Å². The molecular formula is C49H75NO6. The van der Waals surface area contributed by atoms with Gasteiger partial charge in [0, 0.05) is 32.0 Å². The van der Waals surface area contributed by atoms with E-state index in [4.69, 9.17) is 9.47 Å². The monoisotopic (exact) mass is 774 g/mol. The van der Waals surface area contributed by atoms with Crippen LogP contribution in [-0.4, -0.2) is 66.2 Å². The van der Waals surface area contributed by atoms with Gasteiger partial charge in [0.15, 0.2) is 5.78 Å². The molecule has 7 rings (SSSR count). The third-order valence-corrected chi connectivity index (χ3v) is 17.4. The summed E-state index contributed by atoms with van der Waals surface area (Å²) in [5, 5.41) is 12.5. The molecule has 0 radical (unpaired) electrons. The van der Waals surface area contributed by atoms with Gasteiger partial charge >= 0.3 is 5.97 Å². The SMILES string of the molecule is COCC(=O)N(CC1CC1)CC(O)[C@@]12CC[C@]3(C)[C@H](CC[C@@H]4[C@@]5(C)CC=C(C6=CCC(C(=O)OC(C)(C)C)CC6)C(C)(C)[C@@H]5CC[C@]43C)C1=C(C(C)C)C(=O)C2. The molecule has 1 N–H and O–H groups in total. The number of nitrogens with zero attached hydrogens (tertiary/aromatic N) is 1. The minimum Gasteiger partial charge on any atom is -0.460 e. The van der Waals surface area contributed by atoms with Gasteiger partial charge in [-0.05, 0) is 166 Å². The number of amides is 1. The first-order valence-electron chi connectivity index (χ1n) is 22.5. The minimum absolute atomic E-state index is 0.00346. The third kappa shape index (κ3) is 6.73. The number of Topliss-reactive ketones (excluding diaryl/α,β-unsaturated/α-hetero) is 1. The summed E-state index contributed by atoms with van der Waals surface area (Å²) in [6.45, 7) is 24.0. The number of ketones is 1. The first kappa shape index (κ1) is 41.9. The van der Waals surface area contributed by atoms with Crippen molar-refractivity contribution >= 4 is 17.7 Å². The zero-order chi connectivity index (χ0) is 40.8. The van der Waals surface area contributed by atoms with Crippen LogP contribution in [0.5, 0.6) is 0 Å². The van der Waals surface area contributed by atoms with Crippen LogP contribution in [-0.2, 0) is 23.9 Å². The number of allylic oxidation sites excluding steroid dienone is 5. The highest BCUT2D eigenvalue weighted by Gasteiger charge is 2.70. The first-order valence-corrected chi connectivity index (χ1v) is 22.5.